The lowest BCUT2D eigenvalue weighted by Crippen LogP contribution is -2.41. The van der Waals surface area contributed by atoms with Gasteiger partial charge in [-0.25, -0.2) is 13.8 Å². The molecular formula is C17H16F2N2S. The third kappa shape index (κ3) is 4.12. The van der Waals surface area contributed by atoms with Gasteiger partial charge in [0.15, 0.2) is 5.01 Å². The average Bonchev–Trinajstić information content (AvgIpc) is 2.93. The van der Waals surface area contributed by atoms with Crippen molar-refractivity contribution in [3.63, 3.8) is 0 Å². The van der Waals surface area contributed by atoms with Gasteiger partial charge in [0, 0.05) is 29.6 Å². The number of rotatable bonds is 2. The van der Waals surface area contributed by atoms with E-state index in [0.717, 1.165) is 22.0 Å². The topological polar surface area (TPSA) is 16.1 Å². The molecule has 3 rings (SSSR count). The Morgan fingerprint density at radius 1 is 1.23 bits per heavy atom. The molecule has 0 amide bonds. The lowest BCUT2D eigenvalue weighted by Gasteiger charge is -2.31. The number of nitrogens with zero attached hydrogens (tertiary/aromatic N) is 2. The van der Waals surface area contributed by atoms with Crippen LogP contribution >= 0.6 is 11.3 Å². The van der Waals surface area contributed by atoms with E-state index in [1.165, 1.54) is 11.3 Å². The van der Waals surface area contributed by atoms with Crippen LogP contribution in [0.15, 0.2) is 36.5 Å². The van der Waals surface area contributed by atoms with E-state index in [9.17, 15) is 8.78 Å². The zero-order valence-electron chi connectivity index (χ0n) is 12.1. The van der Waals surface area contributed by atoms with Gasteiger partial charge >= 0.3 is 0 Å². The maximum atomic E-state index is 13.4. The molecule has 2 nitrogen and oxygen atoms in total. The predicted molar refractivity (Wildman–Crippen MR) is 84.0 cm³/mol. The number of thiazole rings is 1. The lowest BCUT2D eigenvalue weighted by atomic mass is 10.1. The fourth-order valence-corrected chi connectivity index (χ4v) is 3.30. The van der Waals surface area contributed by atoms with Gasteiger partial charge in [0.25, 0.3) is 5.92 Å². The van der Waals surface area contributed by atoms with Crippen molar-refractivity contribution < 1.29 is 8.78 Å². The van der Waals surface area contributed by atoms with Crippen molar-refractivity contribution in [3.8, 4) is 11.8 Å². The van der Waals surface area contributed by atoms with Gasteiger partial charge in [0.05, 0.1) is 6.54 Å². The van der Waals surface area contributed by atoms with E-state index in [1.807, 2.05) is 30.3 Å². The first-order valence-corrected chi connectivity index (χ1v) is 8.04. The van der Waals surface area contributed by atoms with Crippen LogP contribution in [0.1, 0.15) is 28.3 Å². The van der Waals surface area contributed by atoms with Crippen molar-refractivity contribution in [2.45, 2.75) is 25.3 Å². The van der Waals surface area contributed by atoms with Gasteiger partial charge < -0.3 is 0 Å². The van der Waals surface area contributed by atoms with Crippen LogP contribution in [0.5, 0.6) is 0 Å². The Labute approximate surface area is 132 Å². The molecule has 1 aliphatic rings. The van der Waals surface area contributed by atoms with Gasteiger partial charge in [-0.1, -0.05) is 24.1 Å². The highest BCUT2D eigenvalue weighted by molar-refractivity contribution is 7.12. The van der Waals surface area contributed by atoms with Crippen LogP contribution in [0.4, 0.5) is 8.78 Å². The predicted octanol–water partition coefficient (Wildman–Crippen LogP) is 3.77. The van der Waals surface area contributed by atoms with Gasteiger partial charge in [0.2, 0.25) is 0 Å². The van der Waals surface area contributed by atoms with Crippen molar-refractivity contribution in [2.24, 2.45) is 0 Å². The molecule has 1 fully saturated rings. The molecule has 1 aliphatic heterocycles. The second-order valence-electron chi connectivity index (χ2n) is 5.42. The Morgan fingerprint density at radius 3 is 2.82 bits per heavy atom. The van der Waals surface area contributed by atoms with E-state index in [2.05, 4.69) is 16.8 Å². The molecule has 1 aromatic carbocycles. The highest BCUT2D eigenvalue weighted by Crippen LogP contribution is 2.28. The third-order valence-corrected chi connectivity index (χ3v) is 4.39. The Hall–Kier alpha value is -1.77. The maximum Gasteiger partial charge on any atom is 0.260 e. The Kier molecular flexibility index (Phi) is 4.51. The summed E-state index contributed by atoms with van der Waals surface area (Å²) in [7, 11) is 0. The molecule has 0 spiro atoms. The van der Waals surface area contributed by atoms with Crippen LogP contribution in [0.3, 0.4) is 0 Å². The molecule has 114 valence electrons. The zero-order valence-corrected chi connectivity index (χ0v) is 12.9. The first kappa shape index (κ1) is 15.1. The van der Waals surface area contributed by atoms with Crippen molar-refractivity contribution in [3.05, 3.63) is 52.0 Å². The Balaban J connectivity index is 1.63. The first-order chi connectivity index (χ1) is 10.6. The van der Waals surface area contributed by atoms with Crippen LogP contribution in [-0.2, 0) is 6.54 Å². The highest BCUT2D eigenvalue weighted by Gasteiger charge is 2.35. The van der Waals surface area contributed by atoms with E-state index >= 15 is 0 Å². The van der Waals surface area contributed by atoms with Crippen LogP contribution in [0.25, 0.3) is 0 Å². The molecular weight excluding hydrogens is 302 g/mol. The van der Waals surface area contributed by atoms with E-state index < -0.39 is 5.92 Å². The van der Waals surface area contributed by atoms with E-state index in [4.69, 9.17) is 0 Å². The van der Waals surface area contributed by atoms with E-state index in [0.29, 0.717) is 13.0 Å². The summed E-state index contributed by atoms with van der Waals surface area (Å²) in [4.78, 5) is 7.04. The van der Waals surface area contributed by atoms with Crippen LogP contribution in [0, 0.1) is 11.8 Å². The minimum Gasteiger partial charge on any atom is -0.292 e. The number of benzene rings is 1. The second kappa shape index (κ2) is 6.55. The summed E-state index contributed by atoms with van der Waals surface area (Å²) < 4.78 is 26.8. The fourth-order valence-electron chi connectivity index (χ4n) is 2.49. The van der Waals surface area contributed by atoms with Crippen molar-refractivity contribution >= 4 is 11.3 Å². The summed E-state index contributed by atoms with van der Waals surface area (Å²) in [6.45, 7) is 1.09. The maximum absolute atomic E-state index is 13.4. The molecule has 0 radical (unpaired) electrons. The Morgan fingerprint density at radius 2 is 2.05 bits per heavy atom. The number of likely N-dealkylation sites (tertiary alicyclic amines) is 1. The summed E-state index contributed by atoms with van der Waals surface area (Å²) in [5.41, 5.74) is 0.940. The van der Waals surface area contributed by atoms with E-state index in [1.54, 1.807) is 11.1 Å². The number of hydrogen-bond donors (Lipinski definition) is 0. The summed E-state index contributed by atoms with van der Waals surface area (Å²) >= 11 is 1.47. The van der Waals surface area contributed by atoms with Gasteiger partial charge in [-0.2, -0.15) is 0 Å². The minimum atomic E-state index is -2.56. The highest BCUT2D eigenvalue weighted by atomic mass is 32.1. The van der Waals surface area contributed by atoms with Crippen molar-refractivity contribution in [1.29, 1.82) is 0 Å². The van der Waals surface area contributed by atoms with Gasteiger partial charge in [0.1, 0.15) is 0 Å². The lowest BCUT2D eigenvalue weighted by molar-refractivity contribution is -0.0658. The van der Waals surface area contributed by atoms with Crippen molar-refractivity contribution in [2.75, 3.05) is 13.1 Å². The average molecular weight is 318 g/mol. The standard InChI is InChI=1S/C17H16F2N2S/c18-17(19)9-4-10-21(13-17)12-15-11-20-16(22-15)8-7-14-5-2-1-3-6-14/h1-3,5-6,11H,4,9-10,12-13H2. The molecule has 2 heterocycles. The van der Waals surface area contributed by atoms with Crippen LogP contribution in [-0.4, -0.2) is 28.9 Å². The van der Waals surface area contributed by atoms with Crippen LogP contribution in [0.2, 0.25) is 0 Å². The fraction of sp³-hybridized carbons (Fsp3) is 0.353. The summed E-state index contributed by atoms with van der Waals surface area (Å²) in [5.74, 6) is 3.52. The SMILES string of the molecule is FC1(F)CCCN(Cc2cnc(C#Cc3ccccc3)s2)C1. The molecule has 1 aromatic heterocycles. The largest absolute Gasteiger partial charge is 0.292 e. The molecule has 5 heteroatoms. The molecule has 0 unspecified atom stereocenters. The molecule has 0 N–H and O–H groups in total. The third-order valence-electron chi connectivity index (χ3n) is 3.49. The van der Waals surface area contributed by atoms with Crippen molar-refractivity contribution in [1.82, 2.24) is 9.88 Å². The summed E-state index contributed by atoms with van der Waals surface area (Å²) in [6, 6.07) is 9.71. The molecule has 22 heavy (non-hydrogen) atoms. The smallest absolute Gasteiger partial charge is 0.260 e. The van der Waals surface area contributed by atoms with Gasteiger partial charge in [-0.05, 0) is 31.0 Å². The molecule has 0 atom stereocenters. The van der Waals surface area contributed by atoms with E-state index in [-0.39, 0.29) is 13.0 Å². The number of aromatic nitrogens is 1. The number of alkyl halides is 2. The van der Waals surface area contributed by atoms with Gasteiger partial charge in [-0.3, -0.25) is 4.90 Å². The van der Waals surface area contributed by atoms with Gasteiger partial charge in [-0.15, -0.1) is 11.3 Å². The number of hydrogen-bond acceptors (Lipinski definition) is 3. The zero-order chi connectivity index (χ0) is 15.4. The first-order valence-electron chi connectivity index (χ1n) is 7.23. The molecule has 0 aliphatic carbocycles. The number of halogens is 2. The summed E-state index contributed by atoms with van der Waals surface area (Å²) in [6.07, 6.45) is 2.29. The molecule has 2 aromatic rings. The molecule has 0 bridgehead atoms. The second-order valence-corrected chi connectivity index (χ2v) is 6.53. The summed E-state index contributed by atoms with van der Waals surface area (Å²) in [5, 5.41) is 0.725. The normalized spacial score (nSPS) is 17.7. The quantitative estimate of drug-likeness (QED) is 0.784. The minimum absolute atomic E-state index is 0.00000826. The van der Waals surface area contributed by atoms with Crippen LogP contribution < -0.4 is 0 Å². The molecule has 1 saturated heterocycles. The molecule has 0 saturated carbocycles. The Bertz CT molecular complexity index is 685. The number of piperidine rings is 1. The monoisotopic (exact) mass is 318 g/mol.